The molecule has 1 aromatic rings. The molecule has 0 aromatic heterocycles. The molecule has 0 saturated heterocycles. The number of anilines is 1. The Kier molecular flexibility index (Phi) is 3.88. The van der Waals surface area contributed by atoms with Crippen LogP contribution in [0.5, 0.6) is 0 Å². The smallest absolute Gasteiger partial charge is 0.271 e. The van der Waals surface area contributed by atoms with E-state index in [0.29, 0.717) is 0 Å². The molecule has 0 fully saturated rings. The molecule has 1 aromatic carbocycles. The van der Waals surface area contributed by atoms with Crippen molar-refractivity contribution in [3.8, 4) is 0 Å². The summed E-state index contributed by atoms with van der Waals surface area (Å²) >= 11 is 3.32. The first-order valence-electron chi connectivity index (χ1n) is 4.33. The Labute approximate surface area is 90.6 Å². The topological polar surface area (TPSA) is 55.2 Å². The summed E-state index contributed by atoms with van der Waals surface area (Å²) < 4.78 is 0.844. The Morgan fingerprint density at radius 2 is 2.29 bits per heavy atom. The van der Waals surface area contributed by atoms with Crippen molar-refractivity contribution in [2.75, 3.05) is 11.9 Å². The van der Waals surface area contributed by atoms with Crippen LogP contribution < -0.4 is 5.32 Å². The first-order valence-corrected chi connectivity index (χ1v) is 5.12. The molecule has 0 bridgehead atoms. The SMILES string of the molecule is CCCNc1cc([N+](=O)[O-])ccc1Br. The van der Waals surface area contributed by atoms with Crippen LogP contribution >= 0.6 is 15.9 Å². The van der Waals surface area contributed by atoms with Gasteiger partial charge in [0.15, 0.2) is 0 Å². The van der Waals surface area contributed by atoms with Gasteiger partial charge in [-0.2, -0.15) is 0 Å². The van der Waals surface area contributed by atoms with Crippen LogP contribution in [0.25, 0.3) is 0 Å². The summed E-state index contributed by atoms with van der Waals surface area (Å²) in [6.45, 7) is 2.85. The molecule has 0 aliphatic rings. The van der Waals surface area contributed by atoms with Crippen molar-refractivity contribution < 1.29 is 4.92 Å². The third-order valence-electron chi connectivity index (χ3n) is 1.73. The molecular formula is C9H11BrN2O2. The van der Waals surface area contributed by atoms with Crippen LogP contribution in [-0.4, -0.2) is 11.5 Å². The van der Waals surface area contributed by atoms with Gasteiger partial charge in [0.05, 0.1) is 10.6 Å². The van der Waals surface area contributed by atoms with Gasteiger partial charge in [0.1, 0.15) is 0 Å². The van der Waals surface area contributed by atoms with Crippen molar-refractivity contribution in [3.05, 3.63) is 32.8 Å². The quantitative estimate of drug-likeness (QED) is 0.667. The monoisotopic (exact) mass is 258 g/mol. The van der Waals surface area contributed by atoms with Gasteiger partial charge in [0.25, 0.3) is 5.69 Å². The van der Waals surface area contributed by atoms with Gasteiger partial charge in [-0.25, -0.2) is 0 Å². The summed E-state index contributed by atoms with van der Waals surface area (Å²) in [4.78, 5) is 10.1. The number of hydrogen-bond donors (Lipinski definition) is 1. The highest BCUT2D eigenvalue weighted by Crippen LogP contribution is 2.26. The second kappa shape index (κ2) is 4.95. The van der Waals surface area contributed by atoms with Crippen LogP contribution in [0.15, 0.2) is 22.7 Å². The summed E-state index contributed by atoms with van der Waals surface area (Å²) in [6.07, 6.45) is 0.981. The molecule has 0 unspecified atom stereocenters. The molecule has 4 nitrogen and oxygen atoms in total. The number of non-ortho nitro benzene ring substituents is 1. The van der Waals surface area contributed by atoms with E-state index in [1.165, 1.54) is 12.1 Å². The third kappa shape index (κ3) is 2.70. The van der Waals surface area contributed by atoms with Crippen molar-refractivity contribution in [2.24, 2.45) is 0 Å². The number of rotatable bonds is 4. The van der Waals surface area contributed by atoms with Gasteiger partial charge in [0, 0.05) is 23.2 Å². The summed E-state index contributed by atoms with van der Waals surface area (Å²) in [7, 11) is 0. The van der Waals surface area contributed by atoms with Gasteiger partial charge in [-0.1, -0.05) is 6.92 Å². The Hall–Kier alpha value is -1.10. The van der Waals surface area contributed by atoms with E-state index in [9.17, 15) is 10.1 Å². The maximum Gasteiger partial charge on any atom is 0.271 e. The van der Waals surface area contributed by atoms with Crippen molar-refractivity contribution >= 4 is 27.3 Å². The van der Waals surface area contributed by atoms with Crippen molar-refractivity contribution in [1.82, 2.24) is 0 Å². The number of nitrogens with zero attached hydrogens (tertiary/aromatic N) is 1. The van der Waals surface area contributed by atoms with Crippen LogP contribution in [0.4, 0.5) is 11.4 Å². The van der Waals surface area contributed by atoms with E-state index in [1.807, 2.05) is 6.92 Å². The van der Waals surface area contributed by atoms with Crippen LogP contribution in [0.1, 0.15) is 13.3 Å². The van der Waals surface area contributed by atoms with Crippen LogP contribution in [0, 0.1) is 10.1 Å². The molecule has 0 heterocycles. The summed E-state index contributed by atoms with van der Waals surface area (Å²) in [5.74, 6) is 0. The van der Waals surface area contributed by atoms with Gasteiger partial charge in [0.2, 0.25) is 0 Å². The zero-order valence-corrected chi connectivity index (χ0v) is 9.37. The molecule has 0 radical (unpaired) electrons. The van der Waals surface area contributed by atoms with Crippen LogP contribution in [0.2, 0.25) is 0 Å². The average molecular weight is 259 g/mol. The fourth-order valence-corrected chi connectivity index (χ4v) is 1.41. The maximum absolute atomic E-state index is 10.5. The van der Waals surface area contributed by atoms with E-state index in [4.69, 9.17) is 0 Å². The van der Waals surface area contributed by atoms with E-state index in [-0.39, 0.29) is 5.69 Å². The van der Waals surface area contributed by atoms with Gasteiger partial charge >= 0.3 is 0 Å². The van der Waals surface area contributed by atoms with Crippen molar-refractivity contribution in [3.63, 3.8) is 0 Å². The molecule has 76 valence electrons. The summed E-state index contributed by atoms with van der Waals surface area (Å²) in [5, 5.41) is 13.6. The molecule has 0 spiro atoms. The minimum absolute atomic E-state index is 0.104. The molecule has 0 atom stereocenters. The standard InChI is InChI=1S/C9H11BrN2O2/c1-2-5-11-9-6-7(12(13)14)3-4-8(9)10/h3-4,6,11H,2,5H2,1H3. The van der Waals surface area contributed by atoms with Crippen LogP contribution in [-0.2, 0) is 0 Å². The first kappa shape index (κ1) is 11.0. The van der Waals surface area contributed by atoms with E-state index in [1.54, 1.807) is 6.07 Å². The Bertz CT molecular complexity index is 342. The highest BCUT2D eigenvalue weighted by atomic mass is 79.9. The lowest BCUT2D eigenvalue weighted by Crippen LogP contribution is -2.01. The van der Waals surface area contributed by atoms with Gasteiger partial charge in [-0.15, -0.1) is 0 Å². The van der Waals surface area contributed by atoms with E-state index >= 15 is 0 Å². The summed E-state index contributed by atoms with van der Waals surface area (Å²) in [5.41, 5.74) is 0.868. The van der Waals surface area contributed by atoms with E-state index in [2.05, 4.69) is 21.2 Å². The van der Waals surface area contributed by atoms with Crippen molar-refractivity contribution in [1.29, 1.82) is 0 Å². The number of benzene rings is 1. The highest BCUT2D eigenvalue weighted by molar-refractivity contribution is 9.10. The second-order valence-electron chi connectivity index (χ2n) is 2.85. The van der Waals surface area contributed by atoms with Gasteiger partial charge in [-0.05, 0) is 28.4 Å². The largest absolute Gasteiger partial charge is 0.384 e. The zero-order chi connectivity index (χ0) is 10.6. The number of nitrogens with one attached hydrogen (secondary N) is 1. The first-order chi connectivity index (χ1) is 6.65. The zero-order valence-electron chi connectivity index (χ0n) is 7.79. The maximum atomic E-state index is 10.5. The molecule has 5 heteroatoms. The van der Waals surface area contributed by atoms with Crippen molar-refractivity contribution in [2.45, 2.75) is 13.3 Å². The Balaban J connectivity index is 2.90. The molecule has 0 amide bonds. The number of nitro groups is 1. The number of nitro benzene ring substituents is 1. The Morgan fingerprint density at radius 1 is 1.57 bits per heavy atom. The molecule has 0 aliphatic carbocycles. The van der Waals surface area contributed by atoms with Crippen LogP contribution in [0.3, 0.4) is 0 Å². The predicted octanol–water partition coefficient (Wildman–Crippen LogP) is 3.18. The van der Waals surface area contributed by atoms with E-state index in [0.717, 1.165) is 23.1 Å². The lowest BCUT2D eigenvalue weighted by Gasteiger charge is -2.06. The predicted molar refractivity (Wildman–Crippen MR) is 59.6 cm³/mol. The number of hydrogen-bond acceptors (Lipinski definition) is 3. The lowest BCUT2D eigenvalue weighted by atomic mass is 10.3. The van der Waals surface area contributed by atoms with Gasteiger partial charge in [-0.3, -0.25) is 10.1 Å². The molecule has 1 N–H and O–H groups in total. The normalized spacial score (nSPS) is 9.86. The van der Waals surface area contributed by atoms with Gasteiger partial charge < -0.3 is 5.32 Å². The van der Waals surface area contributed by atoms with E-state index < -0.39 is 4.92 Å². The fraction of sp³-hybridized carbons (Fsp3) is 0.333. The minimum Gasteiger partial charge on any atom is -0.384 e. The second-order valence-corrected chi connectivity index (χ2v) is 3.70. The minimum atomic E-state index is -0.399. The molecule has 0 saturated carbocycles. The highest BCUT2D eigenvalue weighted by Gasteiger charge is 2.08. The molecule has 0 aliphatic heterocycles. The fourth-order valence-electron chi connectivity index (χ4n) is 1.02. The average Bonchev–Trinajstić information content (AvgIpc) is 2.16. The third-order valence-corrected chi connectivity index (χ3v) is 2.42. The molecule has 1 rings (SSSR count). The lowest BCUT2D eigenvalue weighted by molar-refractivity contribution is -0.384. The molecular weight excluding hydrogens is 248 g/mol. The number of halogens is 1. The molecule has 14 heavy (non-hydrogen) atoms. The summed E-state index contributed by atoms with van der Waals surface area (Å²) in [6, 6.07) is 4.68. The Morgan fingerprint density at radius 3 is 2.86 bits per heavy atom.